The first kappa shape index (κ1) is 36.7. The van der Waals surface area contributed by atoms with Crippen molar-refractivity contribution in [1.82, 2.24) is 19.8 Å². The zero-order valence-electron chi connectivity index (χ0n) is 25.8. The molecular formula is C39H23F2N5O2. The van der Waals surface area contributed by atoms with Crippen molar-refractivity contribution in [1.29, 1.82) is 0 Å². The molecule has 3 rings (SSSR count). The molecule has 0 spiro atoms. The number of anilines is 1. The normalized spacial score (nSPS) is 10.1. The minimum Gasteiger partial charge on any atom is -0.343 e. The molecule has 48 heavy (non-hydrogen) atoms. The predicted molar refractivity (Wildman–Crippen MR) is 179 cm³/mol. The number of carbonyl (C=O) groups excluding carboxylic acids is 2. The number of likely N-dealkylation sites (tertiary alicyclic amines) is 1. The molecule has 0 radical (unpaired) electrons. The third kappa shape index (κ3) is 13.9. The van der Waals surface area contributed by atoms with E-state index in [9.17, 15) is 18.4 Å². The molecule has 1 aromatic heterocycles. The highest BCUT2D eigenvalue weighted by Gasteiger charge is 2.26. The molecule has 1 aliphatic heterocycles. The SMILES string of the molecule is C#CC#CC#CC#CC#CC#CC#CC#CC#CC#C.CC(=O)N1CCC(N(C)C(=O)Nc2cnc(-c3cc(F)ccc3F)cn2)CC1. The summed E-state index contributed by atoms with van der Waals surface area (Å²) in [5.74, 6) is 42.3. The van der Waals surface area contributed by atoms with E-state index in [4.69, 9.17) is 12.8 Å². The first-order valence-electron chi connectivity index (χ1n) is 13.7. The van der Waals surface area contributed by atoms with Gasteiger partial charge in [0.1, 0.15) is 11.6 Å². The maximum absolute atomic E-state index is 13.8. The highest BCUT2D eigenvalue weighted by Crippen LogP contribution is 2.22. The van der Waals surface area contributed by atoms with Crippen molar-refractivity contribution < 1.29 is 18.4 Å². The molecule has 1 aromatic carbocycles. The van der Waals surface area contributed by atoms with Crippen molar-refractivity contribution in [3.05, 3.63) is 42.2 Å². The summed E-state index contributed by atoms with van der Waals surface area (Å²) in [7, 11) is 1.69. The highest BCUT2D eigenvalue weighted by atomic mass is 19.1. The van der Waals surface area contributed by atoms with Crippen LogP contribution in [0.25, 0.3) is 11.3 Å². The average Bonchev–Trinajstić information content (AvgIpc) is 3.09. The molecule has 1 aliphatic rings. The molecule has 3 amide bonds. The summed E-state index contributed by atoms with van der Waals surface area (Å²) in [6.07, 6.45) is 13.8. The van der Waals surface area contributed by atoms with Crippen LogP contribution in [0.3, 0.4) is 0 Å². The van der Waals surface area contributed by atoms with Gasteiger partial charge < -0.3 is 9.80 Å². The number of rotatable bonds is 3. The Morgan fingerprint density at radius 2 is 1.27 bits per heavy atom. The van der Waals surface area contributed by atoms with E-state index in [0.717, 1.165) is 18.2 Å². The second-order valence-electron chi connectivity index (χ2n) is 8.98. The van der Waals surface area contributed by atoms with E-state index < -0.39 is 11.6 Å². The molecule has 2 heterocycles. The minimum atomic E-state index is -0.607. The summed E-state index contributed by atoms with van der Waals surface area (Å²) in [6.45, 7) is 2.77. The Morgan fingerprint density at radius 3 is 1.69 bits per heavy atom. The average molecular weight is 632 g/mol. The first-order valence-corrected chi connectivity index (χ1v) is 13.7. The van der Waals surface area contributed by atoms with Gasteiger partial charge in [-0.3, -0.25) is 15.1 Å². The maximum Gasteiger partial charge on any atom is 0.323 e. The first-order chi connectivity index (χ1) is 23.3. The van der Waals surface area contributed by atoms with E-state index in [-0.39, 0.29) is 35.1 Å². The Bertz CT molecular complexity index is 2040. The van der Waals surface area contributed by atoms with Crippen molar-refractivity contribution in [3.63, 3.8) is 0 Å². The highest BCUT2D eigenvalue weighted by molar-refractivity contribution is 5.88. The van der Waals surface area contributed by atoms with Gasteiger partial charge in [-0.15, -0.1) is 12.8 Å². The van der Waals surface area contributed by atoms with Crippen LogP contribution >= 0.6 is 0 Å². The summed E-state index contributed by atoms with van der Waals surface area (Å²) >= 11 is 0. The van der Waals surface area contributed by atoms with E-state index in [2.05, 4.69) is 122 Å². The van der Waals surface area contributed by atoms with Crippen LogP contribution < -0.4 is 5.32 Å². The quantitative estimate of drug-likeness (QED) is 0.529. The van der Waals surface area contributed by atoms with Crippen molar-refractivity contribution >= 4 is 17.8 Å². The standard InChI is InChI=1S/C20H2.C19H21F2N5O2/c1-3-5-7-9-11-13-15-17-19-20-18-16-14-12-10-8-6-4-2;1-12(27)26-7-5-14(6-8-26)25(2)19(28)24-18-11-22-17(10-23-18)15-9-13(20)3-4-16(15)21/h1-2H;3-4,9-11,14H,5-8H2,1-2H3,(H,23,24,28). The van der Waals surface area contributed by atoms with Crippen molar-refractivity contribution in [2.24, 2.45) is 0 Å². The lowest BCUT2D eigenvalue weighted by Gasteiger charge is -2.36. The molecule has 1 fully saturated rings. The summed E-state index contributed by atoms with van der Waals surface area (Å²) in [5, 5.41) is 2.64. The molecule has 1 saturated heterocycles. The summed E-state index contributed by atoms with van der Waals surface area (Å²) in [4.78, 5) is 35.3. The van der Waals surface area contributed by atoms with Crippen molar-refractivity contribution in [2.75, 3.05) is 25.5 Å². The lowest BCUT2D eigenvalue weighted by molar-refractivity contribution is -0.130. The molecule has 0 saturated carbocycles. The number of nitrogens with zero attached hydrogens (tertiary/aromatic N) is 4. The van der Waals surface area contributed by atoms with Gasteiger partial charge in [0.25, 0.3) is 0 Å². The van der Waals surface area contributed by atoms with E-state index in [1.807, 2.05) is 0 Å². The van der Waals surface area contributed by atoms with Gasteiger partial charge in [-0.05, 0) is 126 Å². The molecule has 0 atom stereocenters. The number of urea groups is 1. The van der Waals surface area contributed by atoms with E-state index in [0.29, 0.717) is 25.9 Å². The van der Waals surface area contributed by atoms with Crippen LogP contribution in [0.4, 0.5) is 19.4 Å². The third-order valence-electron chi connectivity index (χ3n) is 5.95. The Kier molecular flexibility index (Phi) is 16.2. The minimum absolute atomic E-state index is 0.000254. The zero-order valence-corrected chi connectivity index (χ0v) is 25.8. The molecule has 2 aromatic rings. The van der Waals surface area contributed by atoms with Gasteiger partial charge in [0.15, 0.2) is 5.82 Å². The van der Waals surface area contributed by atoms with E-state index >= 15 is 0 Å². The van der Waals surface area contributed by atoms with Gasteiger partial charge in [0.2, 0.25) is 5.91 Å². The second kappa shape index (κ2) is 21.2. The van der Waals surface area contributed by atoms with Crippen molar-refractivity contribution in [2.45, 2.75) is 25.8 Å². The molecular weight excluding hydrogens is 608 g/mol. The van der Waals surface area contributed by atoms with Crippen LogP contribution in [-0.2, 0) is 4.79 Å². The van der Waals surface area contributed by atoms with Crippen LogP contribution in [0.2, 0.25) is 0 Å². The van der Waals surface area contributed by atoms with Gasteiger partial charge in [-0.1, -0.05) is 0 Å². The smallest absolute Gasteiger partial charge is 0.323 e. The summed E-state index contributed by atoms with van der Waals surface area (Å²) < 4.78 is 27.1. The number of nitrogens with one attached hydrogen (secondary N) is 1. The topological polar surface area (TPSA) is 78.4 Å². The van der Waals surface area contributed by atoms with Crippen LogP contribution in [0.1, 0.15) is 19.8 Å². The lowest BCUT2D eigenvalue weighted by atomic mass is 10.0. The molecule has 0 unspecified atom stereocenters. The van der Waals surface area contributed by atoms with Crippen LogP contribution in [0.5, 0.6) is 0 Å². The molecule has 0 aliphatic carbocycles. The van der Waals surface area contributed by atoms with E-state index in [1.165, 1.54) is 19.3 Å². The number of piperidine rings is 1. The number of carbonyl (C=O) groups is 2. The zero-order chi connectivity index (χ0) is 35.0. The van der Waals surface area contributed by atoms with Gasteiger partial charge in [0, 0.05) is 50.5 Å². The van der Waals surface area contributed by atoms with Gasteiger partial charge in [-0.25, -0.2) is 18.6 Å². The Morgan fingerprint density at radius 1 is 0.792 bits per heavy atom. The molecule has 7 nitrogen and oxygen atoms in total. The summed E-state index contributed by atoms with van der Waals surface area (Å²) in [5.41, 5.74) is 0.166. The third-order valence-corrected chi connectivity index (χ3v) is 5.95. The number of halogens is 2. The van der Waals surface area contributed by atoms with Crippen LogP contribution in [0, 0.1) is 131 Å². The number of benzene rings is 1. The van der Waals surface area contributed by atoms with Gasteiger partial charge >= 0.3 is 6.03 Å². The molecule has 230 valence electrons. The predicted octanol–water partition coefficient (Wildman–Crippen LogP) is 3.18. The number of hydrogen-bond acceptors (Lipinski definition) is 4. The fourth-order valence-electron chi connectivity index (χ4n) is 3.67. The number of amides is 3. The molecule has 1 N–H and O–H groups in total. The van der Waals surface area contributed by atoms with Gasteiger partial charge in [-0.2, -0.15) is 0 Å². The summed E-state index contributed by atoms with van der Waals surface area (Å²) in [6, 6.07) is 2.76. The fraction of sp³-hybridized carbons (Fsp3) is 0.179. The van der Waals surface area contributed by atoms with E-state index in [1.54, 1.807) is 16.8 Å². The Hall–Kier alpha value is -7.50. The van der Waals surface area contributed by atoms with Crippen molar-refractivity contribution in [3.8, 4) is 131 Å². The number of terminal acetylenes is 2. The monoisotopic (exact) mass is 631 g/mol. The maximum atomic E-state index is 13.8. The van der Waals surface area contributed by atoms with Gasteiger partial charge in [0.05, 0.1) is 18.1 Å². The fourth-order valence-corrected chi connectivity index (χ4v) is 3.67. The van der Waals surface area contributed by atoms with Crippen LogP contribution in [-0.4, -0.2) is 57.9 Å². The largest absolute Gasteiger partial charge is 0.343 e. The van der Waals surface area contributed by atoms with Crippen LogP contribution in [0.15, 0.2) is 30.6 Å². The number of aromatic nitrogens is 2. The Labute approximate surface area is 279 Å². The Balaban J connectivity index is 0.000000356. The number of hydrogen-bond donors (Lipinski definition) is 1. The lowest BCUT2D eigenvalue weighted by Crippen LogP contribution is -2.48. The molecule has 9 heteroatoms. The second-order valence-corrected chi connectivity index (χ2v) is 8.98. The molecule has 0 bridgehead atoms.